The van der Waals surface area contributed by atoms with Gasteiger partial charge in [0.2, 0.25) is 0 Å². The van der Waals surface area contributed by atoms with E-state index in [1.165, 1.54) is 5.56 Å². The van der Waals surface area contributed by atoms with Crippen LogP contribution < -0.4 is 11.2 Å². The molecule has 1 aromatic rings. The average Bonchev–Trinajstić information content (AvgIpc) is 2.66. The van der Waals surface area contributed by atoms with E-state index in [4.69, 9.17) is 10.6 Å². The zero-order chi connectivity index (χ0) is 10.5. The molecule has 1 fully saturated rings. The second-order valence-corrected chi connectivity index (χ2v) is 4.16. The van der Waals surface area contributed by atoms with Crippen LogP contribution in [-0.2, 0) is 11.4 Å². The van der Waals surface area contributed by atoms with Gasteiger partial charge in [0.1, 0.15) is 0 Å². The summed E-state index contributed by atoms with van der Waals surface area (Å²) in [5, 5.41) is 0. The first-order chi connectivity index (χ1) is 7.34. The van der Waals surface area contributed by atoms with Crippen molar-refractivity contribution in [3.63, 3.8) is 0 Å². The fourth-order valence-electron chi connectivity index (χ4n) is 1.94. The normalized spacial score (nSPS) is 25.7. The predicted molar refractivity (Wildman–Crippen MR) is 60.0 cm³/mol. The molecule has 1 saturated carbocycles. The molecule has 3 heteroatoms. The SMILES string of the molecule is NC1CCC(NOCc2ccccc2)C1. The maximum atomic E-state index is 5.81. The molecule has 2 unspecified atom stereocenters. The molecule has 0 aromatic heterocycles. The Hall–Kier alpha value is -0.900. The second kappa shape index (κ2) is 5.26. The number of hydroxylamine groups is 1. The summed E-state index contributed by atoms with van der Waals surface area (Å²) < 4.78 is 0. The summed E-state index contributed by atoms with van der Waals surface area (Å²) >= 11 is 0. The summed E-state index contributed by atoms with van der Waals surface area (Å²) in [4.78, 5) is 5.45. The third-order valence-corrected chi connectivity index (χ3v) is 2.80. The van der Waals surface area contributed by atoms with Crippen molar-refractivity contribution in [1.82, 2.24) is 5.48 Å². The van der Waals surface area contributed by atoms with Gasteiger partial charge in [-0.2, -0.15) is 5.48 Å². The average molecular weight is 206 g/mol. The van der Waals surface area contributed by atoms with Gasteiger partial charge < -0.3 is 5.73 Å². The van der Waals surface area contributed by atoms with Crippen LogP contribution in [0, 0.1) is 0 Å². The van der Waals surface area contributed by atoms with Gasteiger partial charge in [0.25, 0.3) is 0 Å². The summed E-state index contributed by atoms with van der Waals surface area (Å²) in [6.07, 6.45) is 3.25. The minimum atomic E-state index is 0.350. The fourth-order valence-corrected chi connectivity index (χ4v) is 1.94. The van der Waals surface area contributed by atoms with Crippen LogP contribution in [0.4, 0.5) is 0 Å². The van der Waals surface area contributed by atoms with Crippen molar-refractivity contribution < 1.29 is 4.84 Å². The zero-order valence-corrected chi connectivity index (χ0v) is 8.86. The lowest BCUT2D eigenvalue weighted by atomic mass is 10.2. The van der Waals surface area contributed by atoms with Crippen molar-refractivity contribution in [2.24, 2.45) is 5.73 Å². The number of nitrogens with two attached hydrogens (primary N) is 1. The number of nitrogens with one attached hydrogen (secondary N) is 1. The summed E-state index contributed by atoms with van der Waals surface area (Å²) in [6, 6.07) is 10.9. The number of hydrogen-bond acceptors (Lipinski definition) is 3. The smallest absolute Gasteiger partial charge is 0.0933 e. The van der Waals surface area contributed by atoms with Gasteiger partial charge in [-0.05, 0) is 24.8 Å². The molecule has 0 bridgehead atoms. The van der Waals surface area contributed by atoms with Gasteiger partial charge in [-0.25, -0.2) is 0 Å². The third kappa shape index (κ3) is 3.30. The van der Waals surface area contributed by atoms with Gasteiger partial charge in [-0.1, -0.05) is 30.3 Å². The maximum Gasteiger partial charge on any atom is 0.0933 e. The Balaban J connectivity index is 1.67. The molecule has 0 heterocycles. The van der Waals surface area contributed by atoms with Crippen LogP contribution in [0.5, 0.6) is 0 Å². The molecule has 0 radical (unpaired) electrons. The molecule has 3 N–H and O–H groups in total. The van der Waals surface area contributed by atoms with Crippen molar-refractivity contribution in [3.8, 4) is 0 Å². The van der Waals surface area contributed by atoms with Crippen LogP contribution in [0.15, 0.2) is 30.3 Å². The zero-order valence-electron chi connectivity index (χ0n) is 8.86. The molecular weight excluding hydrogens is 188 g/mol. The first kappa shape index (κ1) is 10.6. The quantitative estimate of drug-likeness (QED) is 0.735. The first-order valence-electron chi connectivity index (χ1n) is 5.51. The van der Waals surface area contributed by atoms with Crippen LogP contribution in [0.2, 0.25) is 0 Å². The number of rotatable bonds is 4. The summed E-state index contributed by atoms with van der Waals surface area (Å²) in [5.41, 5.74) is 10.1. The highest BCUT2D eigenvalue weighted by Crippen LogP contribution is 2.17. The minimum Gasteiger partial charge on any atom is -0.328 e. The summed E-state index contributed by atoms with van der Waals surface area (Å²) in [6.45, 7) is 0.618. The highest BCUT2D eigenvalue weighted by molar-refractivity contribution is 5.13. The lowest BCUT2D eigenvalue weighted by molar-refractivity contribution is 0.00484. The van der Waals surface area contributed by atoms with Crippen molar-refractivity contribution in [3.05, 3.63) is 35.9 Å². The van der Waals surface area contributed by atoms with E-state index in [2.05, 4.69) is 17.6 Å². The van der Waals surface area contributed by atoms with Crippen LogP contribution in [0.25, 0.3) is 0 Å². The fraction of sp³-hybridized carbons (Fsp3) is 0.500. The molecule has 0 saturated heterocycles. The van der Waals surface area contributed by atoms with Gasteiger partial charge in [0, 0.05) is 12.1 Å². The number of benzene rings is 1. The molecule has 82 valence electrons. The van der Waals surface area contributed by atoms with E-state index in [1.807, 2.05) is 18.2 Å². The highest BCUT2D eigenvalue weighted by atomic mass is 16.6. The largest absolute Gasteiger partial charge is 0.328 e. The van der Waals surface area contributed by atoms with E-state index < -0.39 is 0 Å². The second-order valence-electron chi connectivity index (χ2n) is 4.16. The lowest BCUT2D eigenvalue weighted by Crippen LogP contribution is -2.28. The van der Waals surface area contributed by atoms with Crippen LogP contribution in [-0.4, -0.2) is 12.1 Å². The summed E-state index contributed by atoms with van der Waals surface area (Å²) in [7, 11) is 0. The standard InChI is InChI=1S/C12H18N2O/c13-11-6-7-12(8-11)14-15-9-10-4-2-1-3-5-10/h1-5,11-12,14H,6-9,13H2. The van der Waals surface area contributed by atoms with Gasteiger partial charge in [0.05, 0.1) is 6.61 Å². The van der Waals surface area contributed by atoms with Crippen molar-refractivity contribution in [2.45, 2.75) is 38.0 Å². The Kier molecular flexibility index (Phi) is 3.72. The Labute approximate surface area is 90.6 Å². The maximum absolute atomic E-state index is 5.81. The molecule has 0 spiro atoms. The van der Waals surface area contributed by atoms with E-state index >= 15 is 0 Å². The van der Waals surface area contributed by atoms with Crippen LogP contribution in [0.1, 0.15) is 24.8 Å². The Bertz CT molecular complexity index is 289. The van der Waals surface area contributed by atoms with E-state index in [0.717, 1.165) is 19.3 Å². The van der Waals surface area contributed by atoms with E-state index in [9.17, 15) is 0 Å². The number of hydrogen-bond donors (Lipinski definition) is 2. The van der Waals surface area contributed by atoms with Crippen LogP contribution in [0.3, 0.4) is 0 Å². The molecule has 1 aliphatic carbocycles. The molecule has 1 aromatic carbocycles. The van der Waals surface area contributed by atoms with Gasteiger partial charge in [0.15, 0.2) is 0 Å². The highest BCUT2D eigenvalue weighted by Gasteiger charge is 2.21. The van der Waals surface area contributed by atoms with Gasteiger partial charge >= 0.3 is 0 Å². The van der Waals surface area contributed by atoms with E-state index in [1.54, 1.807) is 0 Å². The molecule has 3 nitrogen and oxygen atoms in total. The minimum absolute atomic E-state index is 0.350. The monoisotopic (exact) mass is 206 g/mol. The van der Waals surface area contributed by atoms with Crippen molar-refractivity contribution >= 4 is 0 Å². The first-order valence-corrected chi connectivity index (χ1v) is 5.51. The molecule has 0 amide bonds. The molecule has 2 atom stereocenters. The van der Waals surface area contributed by atoms with E-state index in [0.29, 0.717) is 18.7 Å². The molecule has 1 aliphatic rings. The Morgan fingerprint density at radius 2 is 2.07 bits per heavy atom. The molecular formula is C12H18N2O. The topological polar surface area (TPSA) is 47.3 Å². The van der Waals surface area contributed by atoms with Gasteiger partial charge in [-0.15, -0.1) is 0 Å². The lowest BCUT2D eigenvalue weighted by Gasteiger charge is -2.12. The predicted octanol–water partition coefficient (Wildman–Crippen LogP) is 1.59. The third-order valence-electron chi connectivity index (χ3n) is 2.80. The van der Waals surface area contributed by atoms with Crippen molar-refractivity contribution in [1.29, 1.82) is 0 Å². The van der Waals surface area contributed by atoms with Crippen LogP contribution >= 0.6 is 0 Å². The molecule has 15 heavy (non-hydrogen) atoms. The van der Waals surface area contributed by atoms with Gasteiger partial charge in [-0.3, -0.25) is 4.84 Å². The Morgan fingerprint density at radius 3 is 2.73 bits per heavy atom. The molecule has 0 aliphatic heterocycles. The summed E-state index contributed by atoms with van der Waals surface area (Å²) in [5.74, 6) is 0. The van der Waals surface area contributed by atoms with E-state index in [-0.39, 0.29) is 0 Å². The molecule has 2 rings (SSSR count). The Morgan fingerprint density at radius 1 is 1.27 bits per heavy atom. The van der Waals surface area contributed by atoms with Crippen molar-refractivity contribution in [2.75, 3.05) is 0 Å².